The Morgan fingerprint density at radius 3 is 2.50 bits per heavy atom. The van der Waals surface area contributed by atoms with Gasteiger partial charge in [-0.15, -0.1) is 0 Å². The average molecular weight is 349 g/mol. The molecule has 0 aliphatic heterocycles. The fourth-order valence-corrected chi connectivity index (χ4v) is 2.22. The van der Waals surface area contributed by atoms with Gasteiger partial charge in [0.05, 0.1) is 32.6 Å². The van der Waals surface area contributed by atoms with Crippen LogP contribution in [0.4, 0.5) is 0 Å². The minimum atomic E-state index is -0.358. The third kappa shape index (κ3) is 4.17. The summed E-state index contributed by atoms with van der Waals surface area (Å²) in [4.78, 5) is 12.1. The van der Waals surface area contributed by atoms with Gasteiger partial charge in [0.15, 0.2) is 0 Å². The number of amides is 1. The van der Waals surface area contributed by atoms with Crippen molar-refractivity contribution in [3.05, 3.63) is 52.5 Å². The number of benzene rings is 2. The lowest BCUT2D eigenvalue weighted by Gasteiger charge is -2.09. The van der Waals surface area contributed by atoms with Crippen LogP contribution in [0.2, 0.25) is 5.02 Å². The Kier molecular flexibility index (Phi) is 6.03. The van der Waals surface area contributed by atoms with Crippen LogP contribution in [0.25, 0.3) is 0 Å². The number of hydrogen-bond acceptors (Lipinski definition) is 5. The fourth-order valence-electron chi connectivity index (χ4n) is 1.97. The van der Waals surface area contributed by atoms with Crippen molar-refractivity contribution in [1.29, 1.82) is 0 Å². The van der Waals surface area contributed by atoms with Crippen LogP contribution in [-0.4, -0.2) is 33.5 Å². The lowest BCUT2D eigenvalue weighted by atomic mass is 10.2. The Morgan fingerprint density at radius 2 is 1.83 bits per heavy atom. The number of halogens is 1. The van der Waals surface area contributed by atoms with Gasteiger partial charge in [0, 0.05) is 17.2 Å². The number of ether oxygens (including phenoxy) is 3. The van der Waals surface area contributed by atoms with E-state index in [1.807, 2.05) is 0 Å². The molecule has 2 rings (SSSR count). The highest BCUT2D eigenvalue weighted by molar-refractivity contribution is 6.32. The lowest BCUT2D eigenvalue weighted by molar-refractivity contribution is 0.0955. The number of hydrogen-bond donors (Lipinski definition) is 1. The zero-order valence-electron chi connectivity index (χ0n) is 13.5. The lowest BCUT2D eigenvalue weighted by Crippen LogP contribution is -2.17. The predicted molar refractivity (Wildman–Crippen MR) is 92.6 cm³/mol. The van der Waals surface area contributed by atoms with Crippen LogP contribution in [0, 0.1) is 0 Å². The Balaban J connectivity index is 2.13. The topological polar surface area (TPSA) is 69.2 Å². The summed E-state index contributed by atoms with van der Waals surface area (Å²) in [5.74, 6) is 1.25. The molecule has 6 nitrogen and oxygen atoms in total. The first-order valence-electron chi connectivity index (χ1n) is 6.98. The second-order valence-electron chi connectivity index (χ2n) is 4.66. The second-order valence-corrected chi connectivity index (χ2v) is 5.07. The summed E-state index contributed by atoms with van der Waals surface area (Å²) in [5.41, 5.74) is 3.49. The summed E-state index contributed by atoms with van der Waals surface area (Å²) in [7, 11) is 4.58. The molecule has 7 heteroatoms. The number of nitrogens with zero attached hydrogens (tertiary/aromatic N) is 1. The van der Waals surface area contributed by atoms with Crippen LogP contribution in [0.15, 0.2) is 41.5 Å². The van der Waals surface area contributed by atoms with Crippen LogP contribution in [0.5, 0.6) is 17.2 Å². The molecule has 0 aliphatic rings. The average Bonchev–Trinajstić information content (AvgIpc) is 2.61. The highest BCUT2D eigenvalue weighted by Crippen LogP contribution is 2.31. The van der Waals surface area contributed by atoms with E-state index in [4.69, 9.17) is 25.8 Å². The molecule has 0 spiro atoms. The summed E-state index contributed by atoms with van der Waals surface area (Å²) < 4.78 is 15.5. The maximum absolute atomic E-state index is 12.1. The van der Waals surface area contributed by atoms with E-state index in [1.165, 1.54) is 27.5 Å². The third-order valence-electron chi connectivity index (χ3n) is 3.21. The zero-order chi connectivity index (χ0) is 17.5. The van der Waals surface area contributed by atoms with Gasteiger partial charge in [0.25, 0.3) is 5.91 Å². The number of nitrogens with one attached hydrogen (secondary N) is 1. The molecule has 0 aromatic heterocycles. The highest BCUT2D eigenvalue weighted by Gasteiger charge is 2.09. The van der Waals surface area contributed by atoms with E-state index in [9.17, 15) is 4.79 Å². The molecular formula is C17H17ClN2O4. The van der Waals surface area contributed by atoms with Gasteiger partial charge in [0.1, 0.15) is 17.2 Å². The van der Waals surface area contributed by atoms with Crippen LogP contribution < -0.4 is 19.6 Å². The molecule has 0 unspecified atom stereocenters. The third-order valence-corrected chi connectivity index (χ3v) is 3.50. The maximum Gasteiger partial charge on any atom is 0.271 e. The highest BCUT2D eigenvalue weighted by atomic mass is 35.5. The van der Waals surface area contributed by atoms with Crippen LogP contribution in [-0.2, 0) is 0 Å². The van der Waals surface area contributed by atoms with E-state index in [1.54, 1.807) is 36.4 Å². The van der Waals surface area contributed by atoms with Gasteiger partial charge in [-0.05, 0) is 24.3 Å². The van der Waals surface area contributed by atoms with E-state index in [2.05, 4.69) is 10.5 Å². The minimum absolute atomic E-state index is 0.358. The van der Waals surface area contributed by atoms with E-state index < -0.39 is 0 Å². The Hall–Kier alpha value is -2.73. The monoisotopic (exact) mass is 348 g/mol. The summed E-state index contributed by atoms with van der Waals surface area (Å²) in [6.45, 7) is 0. The van der Waals surface area contributed by atoms with E-state index in [-0.39, 0.29) is 5.91 Å². The van der Waals surface area contributed by atoms with Crippen LogP contribution >= 0.6 is 11.6 Å². The summed E-state index contributed by atoms with van der Waals surface area (Å²) in [6, 6.07) is 10.1. The van der Waals surface area contributed by atoms with Gasteiger partial charge < -0.3 is 14.2 Å². The molecule has 0 heterocycles. The fraction of sp³-hybridized carbons (Fsp3) is 0.176. The number of rotatable bonds is 6. The standard InChI is InChI=1S/C17H17ClN2O4/c1-22-13-6-4-5-11(7-13)17(21)20-19-10-12-8-14(18)16(24-3)9-15(12)23-2/h4-10H,1-3H3,(H,20,21)/b19-10-. The van der Waals surface area contributed by atoms with Crippen molar-refractivity contribution in [2.45, 2.75) is 0 Å². The van der Waals surface area contributed by atoms with E-state index in [0.717, 1.165) is 0 Å². The molecule has 2 aromatic rings. The number of methoxy groups -OCH3 is 3. The molecule has 0 aliphatic carbocycles. The zero-order valence-corrected chi connectivity index (χ0v) is 14.3. The van der Waals surface area contributed by atoms with Crippen molar-refractivity contribution in [3.63, 3.8) is 0 Å². The Bertz CT molecular complexity index is 762. The number of carbonyl (C=O) groups is 1. The van der Waals surface area contributed by atoms with Gasteiger partial charge in [-0.25, -0.2) is 5.43 Å². The van der Waals surface area contributed by atoms with Gasteiger partial charge in [0.2, 0.25) is 0 Å². The van der Waals surface area contributed by atoms with Gasteiger partial charge in [-0.3, -0.25) is 4.79 Å². The van der Waals surface area contributed by atoms with Gasteiger partial charge >= 0.3 is 0 Å². The van der Waals surface area contributed by atoms with Crippen molar-refractivity contribution in [2.24, 2.45) is 5.10 Å². The van der Waals surface area contributed by atoms with Crippen molar-refractivity contribution < 1.29 is 19.0 Å². The summed E-state index contributed by atoms with van der Waals surface area (Å²) >= 11 is 6.09. The molecular weight excluding hydrogens is 332 g/mol. The second kappa shape index (κ2) is 8.21. The van der Waals surface area contributed by atoms with Crippen molar-refractivity contribution in [3.8, 4) is 17.2 Å². The molecule has 0 bridgehead atoms. The molecule has 126 valence electrons. The molecule has 1 N–H and O–H groups in total. The number of carbonyl (C=O) groups excluding carboxylic acids is 1. The first-order chi connectivity index (χ1) is 11.6. The van der Waals surface area contributed by atoms with E-state index in [0.29, 0.717) is 33.4 Å². The SMILES string of the molecule is COc1cccc(C(=O)N/N=C\c2cc(Cl)c(OC)cc2OC)c1. The van der Waals surface area contributed by atoms with E-state index >= 15 is 0 Å². The molecule has 24 heavy (non-hydrogen) atoms. The van der Waals surface area contributed by atoms with Crippen LogP contribution in [0.1, 0.15) is 15.9 Å². The summed E-state index contributed by atoms with van der Waals surface area (Å²) in [6.07, 6.45) is 1.45. The molecule has 0 saturated carbocycles. The molecule has 0 atom stereocenters. The smallest absolute Gasteiger partial charge is 0.271 e. The maximum atomic E-state index is 12.1. The molecule has 0 fully saturated rings. The molecule has 0 radical (unpaired) electrons. The quantitative estimate of drug-likeness (QED) is 0.643. The van der Waals surface area contributed by atoms with Crippen LogP contribution in [0.3, 0.4) is 0 Å². The van der Waals surface area contributed by atoms with Crippen molar-refractivity contribution in [2.75, 3.05) is 21.3 Å². The minimum Gasteiger partial charge on any atom is -0.497 e. The Labute approximate surface area is 145 Å². The first kappa shape index (κ1) is 17.6. The predicted octanol–water partition coefficient (Wildman–Crippen LogP) is 3.13. The molecule has 0 saturated heterocycles. The Morgan fingerprint density at radius 1 is 1.08 bits per heavy atom. The summed E-state index contributed by atoms with van der Waals surface area (Å²) in [5, 5.41) is 4.35. The van der Waals surface area contributed by atoms with Crippen molar-refractivity contribution in [1.82, 2.24) is 5.43 Å². The van der Waals surface area contributed by atoms with Gasteiger partial charge in [-0.1, -0.05) is 17.7 Å². The first-order valence-corrected chi connectivity index (χ1v) is 7.35. The number of hydrazone groups is 1. The molecule has 2 aromatic carbocycles. The normalized spacial score (nSPS) is 10.5. The van der Waals surface area contributed by atoms with Crippen molar-refractivity contribution >= 4 is 23.7 Å². The van der Waals surface area contributed by atoms with Gasteiger partial charge in [-0.2, -0.15) is 5.10 Å². The molecule has 1 amide bonds. The largest absolute Gasteiger partial charge is 0.497 e.